The molecule has 3 heteroatoms. The molecule has 0 bridgehead atoms. The second-order valence-electron chi connectivity index (χ2n) is 5.18. The molecule has 1 heterocycles. The van der Waals surface area contributed by atoms with Crippen LogP contribution in [0.3, 0.4) is 0 Å². The fourth-order valence-corrected chi connectivity index (χ4v) is 2.41. The number of pyridine rings is 1. The SMILES string of the molecule is CCCOc1cncc(C(CC2CCC2)NC)c1. The van der Waals surface area contributed by atoms with Gasteiger partial charge in [0, 0.05) is 12.2 Å². The maximum absolute atomic E-state index is 5.65. The molecule has 0 spiro atoms. The molecule has 0 aromatic carbocycles. The van der Waals surface area contributed by atoms with Gasteiger partial charge in [0.25, 0.3) is 0 Å². The molecule has 0 radical (unpaired) electrons. The summed E-state index contributed by atoms with van der Waals surface area (Å²) in [5.74, 6) is 1.78. The van der Waals surface area contributed by atoms with Crippen molar-refractivity contribution in [2.45, 2.75) is 45.1 Å². The Hall–Kier alpha value is -1.09. The molecular formula is C15H24N2O. The van der Waals surface area contributed by atoms with Gasteiger partial charge in [0.2, 0.25) is 0 Å². The van der Waals surface area contributed by atoms with E-state index in [1.54, 1.807) is 6.20 Å². The van der Waals surface area contributed by atoms with E-state index in [0.29, 0.717) is 6.04 Å². The third-order valence-electron chi connectivity index (χ3n) is 3.75. The molecule has 3 nitrogen and oxygen atoms in total. The summed E-state index contributed by atoms with van der Waals surface area (Å²) in [7, 11) is 2.03. The van der Waals surface area contributed by atoms with Crippen molar-refractivity contribution in [3.63, 3.8) is 0 Å². The van der Waals surface area contributed by atoms with E-state index >= 15 is 0 Å². The molecule has 1 aliphatic rings. The number of aromatic nitrogens is 1. The fourth-order valence-electron chi connectivity index (χ4n) is 2.41. The van der Waals surface area contributed by atoms with Crippen molar-refractivity contribution < 1.29 is 4.74 Å². The van der Waals surface area contributed by atoms with E-state index < -0.39 is 0 Å². The molecule has 1 fully saturated rings. The topological polar surface area (TPSA) is 34.1 Å². The van der Waals surface area contributed by atoms with Gasteiger partial charge in [0.15, 0.2) is 0 Å². The predicted molar refractivity (Wildman–Crippen MR) is 73.8 cm³/mol. The number of nitrogens with zero attached hydrogens (tertiary/aromatic N) is 1. The quantitative estimate of drug-likeness (QED) is 0.803. The molecule has 2 rings (SSSR count). The molecule has 0 aliphatic heterocycles. The molecule has 0 saturated heterocycles. The van der Waals surface area contributed by atoms with Crippen molar-refractivity contribution in [1.82, 2.24) is 10.3 Å². The molecule has 100 valence electrons. The zero-order valence-corrected chi connectivity index (χ0v) is 11.5. The molecule has 1 atom stereocenters. The molecule has 0 amide bonds. The van der Waals surface area contributed by atoms with Crippen LogP contribution in [0, 0.1) is 5.92 Å². The first-order valence-corrected chi connectivity index (χ1v) is 7.08. The summed E-state index contributed by atoms with van der Waals surface area (Å²) in [4.78, 5) is 4.29. The minimum Gasteiger partial charge on any atom is -0.492 e. The average Bonchev–Trinajstić information content (AvgIpc) is 2.36. The highest BCUT2D eigenvalue weighted by Gasteiger charge is 2.22. The van der Waals surface area contributed by atoms with Crippen molar-refractivity contribution in [3.05, 3.63) is 24.0 Å². The third kappa shape index (κ3) is 3.45. The first-order valence-electron chi connectivity index (χ1n) is 7.08. The Balaban J connectivity index is 1.99. The molecular weight excluding hydrogens is 224 g/mol. The van der Waals surface area contributed by atoms with E-state index in [-0.39, 0.29) is 0 Å². The summed E-state index contributed by atoms with van der Waals surface area (Å²) >= 11 is 0. The number of ether oxygens (including phenoxy) is 1. The van der Waals surface area contributed by atoms with Crippen LogP contribution in [0.2, 0.25) is 0 Å². The van der Waals surface area contributed by atoms with Crippen LogP contribution in [-0.4, -0.2) is 18.6 Å². The number of rotatable bonds is 7. The van der Waals surface area contributed by atoms with Crippen molar-refractivity contribution in [2.24, 2.45) is 5.92 Å². The van der Waals surface area contributed by atoms with E-state index in [4.69, 9.17) is 4.74 Å². The van der Waals surface area contributed by atoms with Gasteiger partial charge in [-0.3, -0.25) is 4.98 Å². The van der Waals surface area contributed by atoms with Gasteiger partial charge in [-0.1, -0.05) is 26.2 Å². The first kappa shape index (κ1) is 13.3. The van der Waals surface area contributed by atoms with Crippen LogP contribution in [0.5, 0.6) is 5.75 Å². The van der Waals surface area contributed by atoms with Crippen LogP contribution < -0.4 is 10.1 Å². The van der Waals surface area contributed by atoms with Gasteiger partial charge in [0.1, 0.15) is 5.75 Å². The second kappa shape index (κ2) is 6.74. The minimum absolute atomic E-state index is 0.410. The fraction of sp³-hybridized carbons (Fsp3) is 0.667. The Morgan fingerprint density at radius 3 is 2.89 bits per heavy atom. The van der Waals surface area contributed by atoms with E-state index in [2.05, 4.69) is 23.3 Å². The van der Waals surface area contributed by atoms with Crippen molar-refractivity contribution >= 4 is 0 Å². The van der Waals surface area contributed by atoms with Gasteiger partial charge >= 0.3 is 0 Å². The van der Waals surface area contributed by atoms with E-state index in [1.807, 2.05) is 13.2 Å². The average molecular weight is 248 g/mol. The Labute approximate surface area is 110 Å². The highest BCUT2D eigenvalue weighted by atomic mass is 16.5. The highest BCUT2D eigenvalue weighted by Crippen LogP contribution is 2.34. The molecule has 1 unspecified atom stereocenters. The van der Waals surface area contributed by atoms with Crippen molar-refractivity contribution in [3.8, 4) is 5.75 Å². The molecule has 18 heavy (non-hydrogen) atoms. The predicted octanol–water partition coefficient (Wildman–Crippen LogP) is 3.32. The van der Waals surface area contributed by atoms with E-state index in [9.17, 15) is 0 Å². The summed E-state index contributed by atoms with van der Waals surface area (Å²) in [5, 5.41) is 3.41. The van der Waals surface area contributed by atoms with Crippen LogP contribution >= 0.6 is 0 Å². The van der Waals surface area contributed by atoms with Crippen LogP contribution in [0.1, 0.15) is 50.6 Å². The Morgan fingerprint density at radius 2 is 2.28 bits per heavy atom. The van der Waals surface area contributed by atoms with Crippen LogP contribution in [-0.2, 0) is 0 Å². The normalized spacial score (nSPS) is 17.2. The van der Waals surface area contributed by atoms with Crippen LogP contribution in [0.25, 0.3) is 0 Å². The Morgan fingerprint density at radius 1 is 1.44 bits per heavy atom. The molecule has 1 aliphatic carbocycles. The van der Waals surface area contributed by atoms with Crippen LogP contribution in [0.4, 0.5) is 0 Å². The summed E-state index contributed by atoms with van der Waals surface area (Å²) in [5.41, 5.74) is 1.25. The van der Waals surface area contributed by atoms with Gasteiger partial charge < -0.3 is 10.1 Å². The van der Waals surface area contributed by atoms with Gasteiger partial charge in [-0.05, 0) is 37.4 Å². The molecule has 1 aromatic heterocycles. The maximum atomic E-state index is 5.65. The van der Waals surface area contributed by atoms with E-state index in [0.717, 1.165) is 24.7 Å². The van der Waals surface area contributed by atoms with Gasteiger partial charge in [-0.2, -0.15) is 0 Å². The number of hydrogen-bond donors (Lipinski definition) is 1. The third-order valence-corrected chi connectivity index (χ3v) is 3.75. The van der Waals surface area contributed by atoms with Gasteiger partial charge in [0.05, 0.1) is 12.8 Å². The zero-order chi connectivity index (χ0) is 12.8. The minimum atomic E-state index is 0.410. The van der Waals surface area contributed by atoms with Crippen molar-refractivity contribution in [1.29, 1.82) is 0 Å². The standard InChI is InChI=1S/C15H24N2O/c1-3-7-18-14-9-13(10-17-11-14)15(16-2)8-12-5-4-6-12/h9-12,15-16H,3-8H2,1-2H3. The first-order chi connectivity index (χ1) is 8.83. The summed E-state index contributed by atoms with van der Waals surface area (Å²) in [6, 6.07) is 2.54. The maximum Gasteiger partial charge on any atom is 0.137 e. The van der Waals surface area contributed by atoms with Crippen LogP contribution in [0.15, 0.2) is 18.5 Å². The highest BCUT2D eigenvalue weighted by molar-refractivity contribution is 5.26. The molecule has 1 aromatic rings. The number of hydrogen-bond acceptors (Lipinski definition) is 3. The lowest BCUT2D eigenvalue weighted by Crippen LogP contribution is -2.23. The van der Waals surface area contributed by atoms with Crippen molar-refractivity contribution in [2.75, 3.05) is 13.7 Å². The van der Waals surface area contributed by atoms with Gasteiger partial charge in [-0.15, -0.1) is 0 Å². The lowest BCUT2D eigenvalue weighted by molar-refractivity contribution is 0.265. The lowest BCUT2D eigenvalue weighted by Gasteiger charge is -2.29. The largest absolute Gasteiger partial charge is 0.492 e. The smallest absolute Gasteiger partial charge is 0.137 e. The summed E-state index contributed by atoms with van der Waals surface area (Å²) in [6.07, 6.45) is 10.2. The second-order valence-corrected chi connectivity index (χ2v) is 5.18. The lowest BCUT2D eigenvalue weighted by atomic mass is 9.80. The zero-order valence-electron chi connectivity index (χ0n) is 11.5. The molecule has 1 N–H and O–H groups in total. The van der Waals surface area contributed by atoms with E-state index in [1.165, 1.54) is 31.2 Å². The Kier molecular flexibility index (Phi) is 5.00. The molecule has 1 saturated carbocycles. The summed E-state index contributed by atoms with van der Waals surface area (Å²) in [6.45, 7) is 2.88. The van der Waals surface area contributed by atoms with Gasteiger partial charge in [-0.25, -0.2) is 0 Å². The monoisotopic (exact) mass is 248 g/mol. The Bertz CT molecular complexity index is 363. The number of nitrogens with one attached hydrogen (secondary N) is 1. The summed E-state index contributed by atoms with van der Waals surface area (Å²) < 4.78 is 5.65.